The number of carbonyl (C=O) groups is 1. The molecule has 3 aromatic rings. The molecule has 1 N–H and O–H groups in total. The number of nitrogens with one attached hydrogen (secondary N) is 1. The predicted molar refractivity (Wildman–Crippen MR) is 124 cm³/mol. The first kappa shape index (κ1) is 22.0. The summed E-state index contributed by atoms with van der Waals surface area (Å²) in [6.45, 7) is 4.23. The average molecular weight is 456 g/mol. The molecule has 0 atom stereocenters. The first-order valence-electron chi connectivity index (χ1n) is 9.27. The maximum atomic E-state index is 12.5. The zero-order valence-electron chi connectivity index (χ0n) is 16.4. The Labute approximate surface area is 189 Å². The number of hydrogen-bond acceptors (Lipinski definition) is 4. The third-order valence-electron chi connectivity index (χ3n) is 4.43. The van der Waals surface area contributed by atoms with Gasteiger partial charge in [0, 0.05) is 27.5 Å². The van der Waals surface area contributed by atoms with E-state index in [0.29, 0.717) is 27.5 Å². The second-order valence-corrected chi connectivity index (χ2v) is 8.95. The number of benzene rings is 2. The minimum atomic E-state index is -0.493. The van der Waals surface area contributed by atoms with Crippen molar-refractivity contribution in [1.29, 1.82) is 5.26 Å². The van der Waals surface area contributed by atoms with E-state index in [0.717, 1.165) is 16.0 Å². The van der Waals surface area contributed by atoms with Gasteiger partial charge in [-0.2, -0.15) is 5.26 Å². The van der Waals surface area contributed by atoms with Gasteiger partial charge in [0.2, 0.25) is 0 Å². The Morgan fingerprint density at radius 2 is 1.97 bits per heavy atom. The van der Waals surface area contributed by atoms with Crippen molar-refractivity contribution in [2.45, 2.75) is 26.2 Å². The zero-order chi connectivity index (χ0) is 21.7. The number of hydrogen-bond donors (Lipinski definition) is 1. The number of nitrogens with zero attached hydrogens (tertiary/aromatic N) is 2. The van der Waals surface area contributed by atoms with Crippen LogP contribution in [0.4, 0.5) is 5.13 Å². The molecule has 0 radical (unpaired) electrons. The van der Waals surface area contributed by atoms with Gasteiger partial charge < -0.3 is 0 Å². The lowest BCUT2D eigenvalue weighted by Gasteiger charge is -2.05. The second-order valence-electron chi connectivity index (χ2n) is 6.99. The van der Waals surface area contributed by atoms with Crippen LogP contribution >= 0.6 is 34.5 Å². The Bertz CT molecular complexity index is 1130. The topological polar surface area (TPSA) is 65.8 Å². The van der Waals surface area contributed by atoms with Crippen molar-refractivity contribution in [3.8, 4) is 6.07 Å². The van der Waals surface area contributed by atoms with E-state index in [1.54, 1.807) is 24.4 Å². The van der Waals surface area contributed by atoms with Crippen LogP contribution in [0.15, 0.2) is 54.2 Å². The van der Waals surface area contributed by atoms with E-state index in [1.165, 1.54) is 16.9 Å². The van der Waals surface area contributed by atoms with E-state index in [1.807, 2.05) is 36.4 Å². The third-order valence-corrected chi connectivity index (χ3v) is 5.94. The monoisotopic (exact) mass is 455 g/mol. The number of halogens is 2. The molecule has 1 amide bonds. The van der Waals surface area contributed by atoms with Crippen LogP contribution in [0, 0.1) is 11.3 Å². The Balaban J connectivity index is 1.70. The van der Waals surface area contributed by atoms with Gasteiger partial charge in [-0.25, -0.2) is 4.98 Å². The molecule has 2 aromatic carbocycles. The molecule has 0 aliphatic carbocycles. The van der Waals surface area contributed by atoms with Gasteiger partial charge in [0.05, 0.1) is 0 Å². The molecule has 0 unspecified atom stereocenters. The molecule has 0 aliphatic rings. The highest BCUT2D eigenvalue weighted by molar-refractivity contribution is 7.15. The number of aromatic nitrogens is 1. The quantitative estimate of drug-likeness (QED) is 0.331. The second kappa shape index (κ2) is 9.90. The molecule has 30 heavy (non-hydrogen) atoms. The van der Waals surface area contributed by atoms with Gasteiger partial charge >= 0.3 is 0 Å². The van der Waals surface area contributed by atoms with Crippen LogP contribution in [-0.4, -0.2) is 10.9 Å². The van der Waals surface area contributed by atoms with Gasteiger partial charge in [-0.3, -0.25) is 10.1 Å². The lowest BCUT2D eigenvalue weighted by Crippen LogP contribution is -2.13. The summed E-state index contributed by atoms with van der Waals surface area (Å²) < 4.78 is 0. The van der Waals surface area contributed by atoms with Crippen molar-refractivity contribution >= 4 is 51.7 Å². The smallest absolute Gasteiger partial charge is 0.268 e. The molecule has 0 fully saturated rings. The molecule has 152 valence electrons. The lowest BCUT2D eigenvalue weighted by atomic mass is 10.0. The van der Waals surface area contributed by atoms with Crippen LogP contribution in [0.5, 0.6) is 0 Å². The van der Waals surface area contributed by atoms with Gasteiger partial charge in [-0.15, -0.1) is 11.3 Å². The number of carbonyl (C=O) groups excluding carboxylic acids is 1. The van der Waals surface area contributed by atoms with Crippen LogP contribution in [0.2, 0.25) is 10.0 Å². The van der Waals surface area contributed by atoms with Crippen molar-refractivity contribution in [2.75, 3.05) is 5.32 Å². The fourth-order valence-corrected chi connectivity index (χ4v) is 3.98. The van der Waals surface area contributed by atoms with Crippen LogP contribution in [-0.2, 0) is 11.2 Å². The number of anilines is 1. The number of amides is 1. The summed E-state index contributed by atoms with van der Waals surface area (Å²) in [5.74, 6) is -0.0743. The highest BCUT2D eigenvalue weighted by Gasteiger charge is 2.13. The van der Waals surface area contributed by atoms with E-state index < -0.39 is 5.91 Å². The SMILES string of the molecule is CC(C)c1ccc(C=C(C#N)C(=O)Nc2ncc(Cc3cc(Cl)ccc3Cl)s2)cc1. The molecular weight excluding hydrogens is 437 g/mol. The average Bonchev–Trinajstić information content (AvgIpc) is 3.15. The lowest BCUT2D eigenvalue weighted by molar-refractivity contribution is -0.112. The third kappa shape index (κ3) is 5.70. The molecule has 0 spiro atoms. The summed E-state index contributed by atoms with van der Waals surface area (Å²) >= 11 is 13.6. The van der Waals surface area contributed by atoms with Crippen molar-refractivity contribution in [2.24, 2.45) is 0 Å². The summed E-state index contributed by atoms with van der Waals surface area (Å²) in [6, 6.07) is 15.0. The summed E-state index contributed by atoms with van der Waals surface area (Å²) in [5.41, 5.74) is 2.89. The van der Waals surface area contributed by atoms with Crippen LogP contribution in [0.25, 0.3) is 6.08 Å². The Kier molecular flexibility index (Phi) is 7.28. The summed E-state index contributed by atoms with van der Waals surface area (Å²) in [7, 11) is 0. The molecule has 0 saturated carbocycles. The van der Waals surface area contributed by atoms with Crippen LogP contribution < -0.4 is 5.32 Å². The fraction of sp³-hybridized carbons (Fsp3) is 0.174. The molecule has 0 saturated heterocycles. The van der Waals surface area contributed by atoms with Gasteiger partial charge in [0.15, 0.2) is 5.13 Å². The summed E-state index contributed by atoms with van der Waals surface area (Å²) in [5, 5.41) is 13.8. The molecular formula is C23H19Cl2N3OS. The summed E-state index contributed by atoms with van der Waals surface area (Å²) in [4.78, 5) is 17.7. The maximum absolute atomic E-state index is 12.5. The molecule has 7 heteroatoms. The molecule has 0 bridgehead atoms. The van der Waals surface area contributed by atoms with Crippen LogP contribution in [0.3, 0.4) is 0 Å². The Morgan fingerprint density at radius 1 is 1.23 bits per heavy atom. The van der Waals surface area contributed by atoms with E-state index in [4.69, 9.17) is 23.2 Å². The number of nitriles is 1. The summed E-state index contributed by atoms with van der Waals surface area (Å²) in [6.07, 6.45) is 3.80. The van der Waals surface area contributed by atoms with E-state index in [2.05, 4.69) is 24.1 Å². The Hall–Kier alpha value is -2.65. The van der Waals surface area contributed by atoms with Crippen molar-refractivity contribution < 1.29 is 4.79 Å². The van der Waals surface area contributed by atoms with Crippen molar-refractivity contribution in [3.63, 3.8) is 0 Å². The standard InChI is InChI=1S/C23H19Cl2N3OS/c1-14(2)16-5-3-15(4-6-16)9-18(12-26)22(29)28-23-27-13-20(30-23)11-17-10-19(24)7-8-21(17)25/h3-10,13-14H,11H2,1-2H3,(H,27,28,29). The minimum absolute atomic E-state index is 0.0157. The molecule has 4 nitrogen and oxygen atoms in total. The molecule has 1 heterocycles. The van der Waals surface area contributed by atoms with Gasteiger partial charge in [-0.05, 0) is 46.9 Å². The van der Waals surface area contributed by atoms with E-state index in [-0.39, 0.29) is 5.57 Å². The first-order valence-corrected chi connectivity index (χ1v) is 10.8. The Morgan fingerprint density at radius 3 is 2.63 bits per heavy atom. The maximum Gasteiger partial charge on any atom is 0.268 e. The van der Waals surface area contributed by atoms with Crippen LogP contribution in [0.1, 0.15) is 41.3 Å². The van der Waals surface area contributed by atoms with E-state index in [9.17, 15) is 10.1 Å². The molecule has 3 rings (SSSR count). The highest BCUT2D eigenvalue weighted by Crippen LogP contribution is 2.27. The largest absolute Gasteiger partial charge is 0.297 e. The zero-order valence-corrected chi connectivity index (χ0v) is 18.8. The normalized spacial score (nSPS) is 11.4. The van der Waals surface area contributed by atoms with Gasteiger partial charge in [-0.1, -0.05) is 61.3 Å². The minimum Gasteiger partial charge on any atom is -0.297 e. The highest BCUT2D eigenvalue weighted by atomic mass is 35.5. The van der Waals surface area contributed by atoms with Gasteiger partial charge in [0.1, 0.15) is 11.6 Å². The predicted octanol–water partition coefficient (Wildman–Crippen LogP) is 6.71. The van der Waals surface area contributed by atoms with E-state index >= 15 is 0 Å². The molecule has 1 aromatic heterocycles. The number of rotatable bonds is 6. The fourth-order valence-electron chi connectivity index (χ4n) is 2.77. The van der Waals surface area contributed by atoms with Crippen molar-refractivity contribution in [3.05, 3.63) is 85.8 Å². The number of thiazole rings is 1. The van der Waals surface area contributed by atoms with Crippen molar-refractivity contribution in [1.82, 2.24) is 4.98 Å². The van der Waals surface area contributed by atoms with Gasteiger partial charge in [0.25, 0.3) is 5.91 Å². The first-order chi connectivity index (χ1) is 14.4. The molecule has 0 aliphatic heterocycles.